The fourth-order valence-electron chi connectivity index (χ4n) is 5.82. The summed E-state index contributed by atoms with van der Waals surface area (Å²) in [6.45, 7) is 3.13. The van der Waals surface area contributed by atoms with Gasteiger partial charge < -0.3 is 10.0 Å². The molecule has 8 heteroatoms. The van der Waals surface area contributed by atoms with Crippen LogP contribution in [0.2, 0.25) is 0 Å². The minimum Gasteiger partial charge on any atom is -0.480 e. The molecule has 0 radical (unpaired) electrons. The molecule has 0 atom stereocenters. The van der Waals surface area contributed by atoms with E-state index in [0.29, 0.717) is 32.6 Å². The van der Waals surface area contributed by atoms with Crippen LogP contribution in [-0.4, -0.2) is 59.5 Å². The number of carbonyl (C=O) groups excluding carboxylic acids is 1. The Balaban J connectivity index is 1.16. The number of aliphatic carboxylic acids is 1. The van der Waals surface area contributed by atoms with Crippen molar-refractivity contribution < 1.29 is 27.9 Å². The summed E-state index contributed by atoms with van der Waals surface area (Å²) < 4.78 is 38.4. The first kappa shape index (κ1) is 26.0. The van der Waals surface area contributed by atoms with Gasteiger partial charge in [-0.1, -0.05) is 55.0 Å². The smallest absolute Gasteiger partial charge is 0.416 e. The second kappa shape index (κ2) is 10.3. The number of nitrogens with zero attached hydrogens (tertiary/aromatic N) is 2. The van der Waals surface area contributed by atoms with E-state index in [2.05, 4.69) is 4.90 Å². The molecule has 3 aromatic rings. The van der Waals surface area contributed by atoms with Crippen molar-refractivity contribution in [2.45, 2.75) is 30.9 Å². The monoisotopic (exact) mass is 522 g/mol. The van der Waals surface area contributed by atoms with Gasteiger partial charge in [0.25, 0.3) is 5.91 Å². The molecule has 5 rings (SSSR count). The zero-order valence-electron chi connectivity index (χ0n) is 20.9. The van der Waals surface area contributed by atoms with E-state index in [1.807, 2.05) is 48.5 Å². The molecule has 3 aromatic carbocycles. The third-order valence-electron chi connectivity index (χ3n) is 7.82. The summed E-state index contributed by atoms with van der Waals surface area (Å²) in [5.74, 6) is -1.09. The van der Waals surface area contributed by atoms with Crippen molar-refractivity contribution in [1.82, 2.24) is 9.80 Å². The highest BCUT2D eigenvalue weighted by Crippen LogP contribution is 2.51. The largest absolute Gasteiger partial charge is 0.480 e. The molecule has 0 unspecified atom stereocenters. The normalized spacial score (nSPS) is 16.7. The summed E-state index contributed by atoms with van der Waals surface area (Å²) in [7, 11) is 0. The van der Waals surface area contributed by atoms with Gasteiger partial charge in [-0.25, -0.2) is 0 Å². The standard InChI is InChI=1S/C30H29F3N2O3/c31-30(32,33)22-13-11-21(12-14-22)27(36)35-19-17-34(18-20-35)16-6-5-15-29(28(37)38)25-9-3-1-7-23(25)24-8-2-4-10-26(24)29/h1-4,7-14H,5-6,15-20H2,(H,37,38). The maximum atomic E-state index is 12.8. The van der Waals surface area contributed by atoms with Crippen molar-refractivity contribution >= 4 is 11.9 Å². The quantitative estimate of drug-likeness (QED) is 0.406. The predicted octanol–water partition coefficient (Wildman–Crippen LogP) is 5.68. The highest BCUT2D eigenvalue weighted by Gasteiger charge is 2.48. The molecular weight excluding hydrogens is 493 g/mol. The third-order valence-corrected chi connectivity index (χ3v) is 7.82. The van der Waals surface area contributed by atoms with Crippen LogP contribution in [0.15, 0.2) is 72.8 Å². The molecule has 5 nitrogen and oxygen atoms in total. The topological polar surface area (TPSA) is 60.9 Å². The van der Waals surface area contributed by atoms with Gasteiger partial charge in [0.2, 0.25) is 0 Å². The van der Waals surface area contributed by atoms with Crippen LogP contribution in [0.3, 0.4) is 0 Å². The number of fused-ring (bicyclic) bond motifs is 3. The van der Waals surface area contributed by atoms with Crippen molar-refractivity contribution in [3.63, 3.8) is 0 Å². The summed E-state index contributed by atoms with van der Waals surface area (Å²) in [6.07, 6.45) is -2.36. The van der Waals surface area contributed by atoms with E-state index >= 15 is 0 Å². The molecule has 1 aliphatic heterocycles. The molecule has 2 aliphatic rings. The Morgan fingerprint density at radius 2 is 1.34 bits per heavy atom. The van der Waals surface area contributed by atoms with E-state index in [1.54, 1.807) is 4.90 Å². The van der Waals surface area contributed by atoms with Crippen molar-refractivity contribution in [3.05, 3.63) is 95.1 Å². The van der Waals surface area contributed by atoms with Crippen molar-refractivity contribution in [1.29, 1.82) is 0 Å². The average Bonchev–Trinajstić information content (AvgIpc) is 3.22. The lowest BCUT2D eigenvalue weighted by atomic mass is 9.74. The molecule has 1 aliphatic carbocycles. The van der Waals surface area contributed by atoms with E-state index in [1.165, 1.54) is 12.1 Å². The van der Waals surface area contributed by atoms with Crippen LogP contribution in [0.5, 0.6) is 0 Å². The molecule has 0 spiro atoms. The molecule has 1 heterocycles. The predicted molar refractivity (Wildman–Crippen MR) is 138 cm³/mol. The molecule has 1 amide bonds. The number of amides is 1. The molecule has 0 saturated carbocycles. The minimum atomic E-state index is -4.43. The van der Waals surface area contributed by atoms with Gasteiger partial charge >= 0.3 is 12.1 Å². The zero-order valence-corrected chi connectivity index (χ0v) is 20.9. The van der Waals surface area contributed by atoms with Gasteiger partial charge in [0, 0.05) is 31.7 Å². The maximum Gasteiger partial charge on any atom is 0.416 e. The molecule has 1 N–H and O–H groups in total. The first-order valence-electron chi connectivity index (χ1n) is 12.8. The lowest BCUT2D eigenvalue weighted by Crippen LogP contribution is -2.48. The zero-order chi connectivity index (χ0) is 26.9. The first-order valence-corrected chi connectivity index (χ1v) is 12.8. The number of carboxylic acids is 1. The van der Waals surface area contributed by atoms with Gasteiger partial charge in [-0.2, -0.15) is 13.2 Å². The van der Waals surface area contributed by atoms with Crippen molar-refractivity contribution in [2.75, 3.05) is 32.7 Å². The van der Waals surface area contributed by atoms with E-state index in [4.69, 9.17) is 0 Å². The highest BCUT2D eigenvalue weighted by molar-refractivity contribution is 5.97. The Morgan fingerprint density at radius 3 is 1.87 bits per heavy atom. The van der Waals surface area contributed by atoms with Crippen LogP contribution in [0.4, 0.5) is 13.2 Å². The van der Waals surface area contributed by atoms with Gasteiger partial charge in [-0.15, -0.1) is 0 Å². The van der Waals surface area contributed by atoms with Crippen LogP contribution < -0.4 is 0 Å². The number of carboxylic acid groups (broad SMARTS) is 1. The van der Waals surface area contributed by atoms with E-state index < -0.39 is 23.1 Å². The molecule has 198 valence electrons. The summed E-state index contributed by atoms with van der Waals surface area (Å²) in [6, 6.07) is 19.8. The summed E-state index contributed by atoms with van der Waals surface area (Å²) >= 11 is 0. The SMILES string of the molecule is O=C(c1ccc(C(F)(F)F)cc1)N1CCN(CCCCC2(C(=O)O)c3ccccc3-c3ccccc32)CC1. The maximum absolute atomic E-state index is 12.8. The van der Waals surface area contributed by atoms with E-state index in [0.717, 1.165) is 53.8 Å². The number of halogens is 3. The van der Waals surface area contributed by atoms with Crippen molar-refractivity contribution in [3.8, 4) is 11.1 Å². The number of carbonyl (C=O) groups is 2. The summed E-state index contributed by atoms with van der Waals surface area (Å²) in [5, 5.41) is 10.4. The second-order valence-electron chi connectivity index (χ2n) is 9.97. The highest BCUT2D eigenvalue weighted by atomic mass is 19.4. The number of unbranched alkanes of at least 4 members (excludes halogenated alkanes) is 1. The minimum absolute atomic E-state index is 0.252. The Hall–Kier alpha value is -3.65. The van der Waals surface area contributed by atoms with Gasteiger partial charge in [0.05, 0.1) is 5.56 Å². The Kier molecular flexibility index (Phi) is 7.01. The number of rotatable bonds is 7. The first-order chi connectivity index (χ1) is 18.2. The molecule has 38 heavy (non-hydrogen) atoms. The summed E-state index contributed by atoms with van der Waals surface area (Å²) in [4.78, 5) is 29.4. The van der Waals surface area contributed by atoms with Crippen LogP contribution in [0, 0.1) is 0 Å². The average molecular weight is 523 g/mol. The van der Waals surface area contributed by atoms with Crippen LogP contribution in [0.25, 0.3) is 11.1 Å². The number of piperazine rings is 1. The third kappa shape index (κ3) is 4.69. The lowest BCUT2D eigenvalue weighted by molar-refractivity contribution is -0.142. The van der Waals surface area contributed by atoms with Gasteiger partial charge in [0.1, 0.15) is 5.41 Å². The van der Waals surface area contributed by atoms with E-state index in [-0.39, 0.29) is 11.5 Å². The summed E-state index contributed by atoms with van der Waals surface area (Å²) in [5.41, 5.74) is 2.10. The molecule has 1 saturated heterocycles. The van der Waals surface area contributed by atoms with Gasteiger partial charge in [-0.05, 0) is 65.9 Å². The number of benzene rings is 3. The van der Waals surface area contributed by atoms with Crippen LogP contribution >= 0.6 is 0 Å². The second-order valence-corrected chi connectivity index (χ2v) is 9.97. The molecular formula is C30H29F3N2O3. The molecule has 1 fully saturated rings. The fraction of sp³-hybridized carbons (Fsp3) is 0.333. The number of alkyl halides is 3. The Bertz CT molecular complexity index is 1280. The number of hydrogen-bond donors (Lipinski definition) is 1. The van der Waals surface area contributed by atoms with Crippen molar-refractivity contribution in [2.24, 2.45) is 0 Å². The van der Waals surface area contributed by atoms with Gasteiger partial charge in [0.15, 0.2) is 0 Å². The molecule has 0 bridgehead atoms. The van der Waals surface area contributed by atoms with Crippen LogP contribution in [-0.2, 0) is 16.4 Å². The van der Waals surface area contributed by atoms with E-state index in [9.17, 15) is 27.9 Å². The molecule has 0 aromatic heterocycles. The fourth-order valence-corrected chi connectivity index (χ4v) is 5.82. The van der Waals surface area contributed by atoms with Gasteiger partial charge in [-0.3, -0.25) is 14.5 Å². The Morgan fingerprint density at radius 1 is 0.789 bits per heavy atom. The Labute approximate surface area is 219 Å². The van der Waals surface area contributed by atoms with Crippen LogP contribution in [0.1, 0.15) is 46.3 Å². The lowest BCUT2D eigenvalue weighted by Gasteiger charge is -2.35. The number of hydrogen-bond acceptors (Lipinski definition) is 3.